The Kier molecular flexibility index (Phi) is 11.2. The zero-order chi connectivity index (χ0) is 32.3. The molecule has 1 atom stereocenters. The van der Waals surface area contributed by atoms with Crippen LogP contribution < -0.4 is 10.1 Å². The van der Waals surface area contributed by atoms with Gasteiger partial charge in [0.25, 0.3) is 0 Å². The van der Waals surface area contributed by atoms with Gasteiger partial charge in [0.1, 0.15) is 18.4 Å². The van der Waals surface area contributed by atoms with Gasteiger partial charge in [-0.1, -0.05) is 105 Å². The minimum absolute atomic E-state index is 0.0291. The van der Waals surface area contributed by atoms with Gasteiger partial charge in [-0.15, -0.1) is 0 Å². The standard InChI is InChI=1S/C39H42N2O5/c1-28(2)26-41(23-22-37(42)46-35-21-20-32-14-9-15-34(32)25-35)39(44)40-36(38(43)45-27-30-10-5-3-6-11-30)24-29-16-18-33(19-17-29)31-12-7-4-8-13-31/h3-8,10-13,16-21,25,28,36H,9,14-15,22-24,26-27H2,1-2H3,(H,40,44)/t36-/m0/s1. The lowest BCUT2D eigenvalue weighted by Gasteiger charge is -2.27. The number of nitrogens with zero attached hydrogens (tertiary/aromatic N) is 1. The first-order valence-electron chi connectivity index (χ1n) is 16.1. The summed E-state index contributed by atoms with van der Waals surface area (Å²) in [7, 11) is 0. The Hall–Kier alpha value is -4.91. The predicted octanol–water partition coefficient (Wildman–Crippen LogP) is 7.16. The number of aryl methyl sites for hydroxylation is 2. The summed E-state index contributed by atoms with van der Waals surface area (Å²) in [4.78, 5) is 41.4. The summed E-state index contributed by atoms with van der Waals surface area (Å²) in [5.74, 6) is -0.251. The van der Waals surface area contributed by atoms with Crippen molar-refractivity contribution >= 4 is 18.0 Å². The summed E-state index contributed by atoms with van der Waals surface area (Å²) in [5.41, 5.74) is 6.44. The Bertz CT molecular complexity index is 1600. The van der Waals surface area contributed by atoms with Crippen molar-refractivity contribution in [1.82, 2.24) is 10.2 Å². The number of hydrogen-bond acceptors (Lipinski definition) is 5. The lowest BCUT2D eigenvalue weighted by atomic mass is 10.0. The van der Waals surface area contributed by atoms with E-state index >= 15 is 0 Å². The minimum atomic E-state index is -0.924. The van der Waals surface area contributed by atoms with Gasteiger partial charge in [0.05, 0.1) is 6.42 Å². The van der Waals surface area contributed by atoms with Crippen molar-refractivity contribution in [3.8, 4) is 16.9 Å². The molecular weight excluding hydrogens is 576 g/mol. The lowest BCUT2D eigenvalue weighted by molar-refractivity contribution is -0.147. The fourth-order valence-electron chi connectivity index (χ4n) is 5.70. The molecule has 0 spiro atoms. The number of esters is 2. The van der Waals surface area contributed by atoms with Crippen molar-refractivity contribution in [2.24, 2.45) is 5.92 Å². The second kappa shape index (κ2) is 15.9. The van der Waals surface area contributed by atoms with Crippen molar-refractivity contribution in [3.63, 3.8) is 0 Å². The summed E-state index contributed by atoms with van der Waals surface area (Å²) in [5, 5.41) is 2.92. The van der Waals surface area contributed by atoms with E-state index in [1.165, 1.54) is 11.1 Å². The highest BCUT2D eigenvalue weighted by Crippen LogP contribution is 2.26. The zero-order valence-electron chi connectivity index (χ0n) is 26.6. The van der Waals surface area contributed by atoms with Gasteiger partial charge >= 0.3 is 18.0 Å². The van der Waals surface area contributed by atoms with Crippen molar-refractivity contribution in [1.29, 1.82) is 0 Å². The van der Waals surface area contributed by atoms with E-state index in [0.717, 1.165) is 41.5 Å². The third-order valence-electron chi connectivity index (χ3n) is 8.07. The van der Waals surface area contributed by atoms with E-state index < -0.39 is 24.0 Å². The number of carbonyl (C=O) groups excluding carboxylic acids is 3. The van der Waals surface area contributed by atoms with Crippen LogP contribution >= 0.6 is 0 Å². The minimum Gasteiger partial charge on any atom is -0.459 e. The van der Waals surface area contributed by atoms with E-state index in [-0.39, 0.29) is 31.9 Å². The molecule has 0 heterocycles. The van der Waals surface area contributed by atoms with Crippen LogP contribution in [0.1, 0.15) is 48.9 Å². The average molecular weight is 619 g/mol. The number of urea groups is 1. The number of nitrogens with one attached hydrogen (secondary N) is 1. The fourth-order valence-corrected chi connectivity index (χ4v) is 5.70. The van der Waals surface area contributed by atoms with Gasteiger partial charge in [-0.2, -0.15) is 0 Å². The molecule has 4 aromatic carbocycles. The van der Waals surface area contributed by atoms with Crippen LogP contribution in [0.25, 0.3) is 11.1 Å². The van der Waals surface area contributed by atoms with Crippen LogP contribution in [0.5, 0.6) is 5.75 Å². The van der Waals surface area contributed by atoms with Crippen LogP contribution in [0.15, 0.2) is 103 Å². The van der Waals surface area contributed by atoms with Crippen LogP contribution in [0, 0.1) is 5.92 Å². The quantitative estimate of drug-likeness (QED) is 0.127. The van der Waals surface area contributed by atoms with Gasteiger partial charge in [-0.3, -0.25) is 4.79 Å². The van der Waals surface area contributed by atoms with Crippen LogP contribution in [-0.4, -0.2) is 42.0 Å². The van der Waals surface area contributed by atoms with Crippen LogP contribution in [-0.2, 0) is 40.2 Å². The summed E-state index contributed by atoms with van der Waals surface area (Å²) >= 11 is 0. The second-order valence-electron chi connectivity index (χ2n) is 12.2. The smallest absolute Gasteiger partial charge is 0.329 e. The molecule has 0 unspecified atom stereocenters. The Labute approximate surface area is 271 Å². The van der Waals surface area contributed by atoms with E-state index in [0.29, 0.717) is 12.3 Å². The predicted molar refractivity (Wildman–Crippen MR) is 179 cm³/mol. The molecule has 238 valence electrons. The molecule has 0 aliphatic heterocycles. The first-order chi connectivity index (χ1) is 22.3. The molecule has 4 aromatic rings. The summed E-state index contributed by atoms with van der Waals surface area (Å²) < 4.78 is 11.3. The maximum Gasteiger partial charge on any atom is 0.329 e. The fraction of sp³-hybridized carbons (Fsp3) is 0.308. The third kappa shape index (κ3) is 9.30. The molecule has 1 aliphatic rings. The second-order valence-corrected chi connectivity index (χ2v) is 12.2. The van der Waals surface area contributed by atoms with Gasteiger partial charge in [0.15, 0.2) is 0 Å². The van der Waals surface area contributed by atoms with Gasteiger partial charge in [0.2, 0.25) is 0 Å². The average Bonchev–Trinajstić information content (AvgIpc) is 3.54. The van der Waals surface area contributed by atoms with Crippen molar-refractivity contribution in [2.45, 2.75) is 58.6 Å². The molecule has 0 saturated heterocycles. The Morgan fingerprint density at radius 2 is 1.46 bits per heavy atom. The van der Waals surface area contributed by atoms with Crippen molar-refractivity contribution in [2.75, 3.05) is 13.1 Å². The van der Waals surface area contributed by atoms with E-state index in [9.17, 15) is 14.4 Å². The highest BCUT2D eigenvalue weighted by atomic mass is 16.5. The zero-order valence-corrected chi connectivity index (χ0v) is 26.6. The molecule has 0 saturated carbocycles. The topological polar surface area (TPSA) is 84.9 Å². The number of ether oxygens (including phenoxy) is 2. The highest BCUT2D eigenvalue weighted by Gasteiger charge is 2.27. The molecule has 1 N–H and O–H groups in total. The van der Waals surface area contributed by atoms with E-state index in [4.69, 9.17) is 9.47 Å². The molecule has 7 heteroatoms. The van der Waals surface area contributed by atoms with Gasteiger partial charge in [0, 0.05) is 19.5 Å². The highest BCUT2D eigenvalue weighted by molar-refractivity contribution is 5.84. The molecule has 1 aliphatic carbocycles. The van der Waals surface area contributed by atoms with Crippen molar-refractivity contribution < 1.29 is 23.9 Å². The first-order valence-corrected chi connectivity index (χ1v) is 16.1. The summed E-state index contributed by atoms with van der Waals surface area (Å²) in [6.07, 6.45) is 3.45. The van der Waals surface area contributed by atoms with E-state index in [2.05, 4.69) is 5.32 Å². The number of hydrogen-bond donors (Lipinski definition) is 1. The summed E-state index contributed by atoms with van der Waals surface area (Å²) in [6.45, 7) is 4.68. The Morgan fingerprint density at radius 1 is 0.783 bits per heavy atom. The number of amides is 2. The first kappa shape index (κ1) is 32.5. The molecule has 46 heavy (non-hydrogen) atoms. The number of rotatable bonds is 13. The molecule has 2 amide bonds. The number of fused-ring (bicyclic) bond motifs is 1. The monoisotopic (exact) mass is 618 g/mol. The van der Waals surface area contributed by atoms with Gasteiger partial charge in [-0.05, 0) is 70.7 Å². The van der Waals surface area contributed by atoms with Gasteiger partial charge < -0.3 is 19.7 Å². The maximum absolute atomic E-state index is 13.7. The molecule has 0 aromatic heterocycles. The van der Waals surface area contributed by atoms with Crippen LogP contribution in [0.2, 0.25) is 0 Å². The van der Waals surface area contributed by atoms with Gasteiger partial charge in [-0.25, -0.2) is 9.59 Å². The lowest BCUT2D eigenvalue weighted by Crippen LogP contribution is -2.50. The van der Waals surface area contributed by atoms with E-state index in [1.54, 1.807) is 4.90 Å². The Morgan fingerprint density at radius 3 is 2.17 bits per heavy atom. The maximum atomic E-state index is 13.7. The molecule has 0 radical (unpaired) electrons. The third-order valence-corrected chi connectivity index (χ3v) is 8.07. The molecule has 5 rings (SSSR count). The Balaban J connectivity index is 1.25. The molecule has 7 nitrogen and oxygen atoms in total. The number of carbonyl (C=O) groups is 3. The number of benzene rings is 4. The summed E-state index contributed by atoms with van der Waals surface area (Å²) in [6, 6.07) is 31.9. The van der Waals surface area contributed by atoms with Crippen LogP contribution in [0.3, 0.4) is 0 Å². The largest absolute Gasteiger partial charge is 0.459 e. The molecule has 0 fully saturated rings. The van der Waals surface area contributed by atoms with Crippen LogP contribution in [0.4, 0.5) is 4.79 Å². The van der Waals surface area contributed by atoms with Crippen molar-refractivity contribution in [3.05, 3.63) is 125 Å². The SMILES string of the molecule is CC(C)CN(CCC(=O)Oc1ccc2c(c1)CCC2)C(=O)N[C@@H](Cc1ccc(-c2ccccc2)cc1)C(=O)OCc1ccccc1. The van der Waals surface area contributed by atoms with E-state index in [1.807, 2.05) is 117 Å². The normalized spacial score (nSPS) is 12.7. The molecule has 0 bridgehead atoms. The molecular formula is C39H42N2O5.